The summed E-state index contributed by atoms with van der Waals surface area (Å²) in [5.74, 6) is -1.97. The van der Waals surface area contributed by atoms with E-state index in [2.05, 4.69) is 10.6 Å². The molecule has 5 N–H and O–H groups in total. The zero-order valence-electron chi connectivity index (χ0n) is 22.3. The summed E-state index contributed by atoms with van der Waals surface area (Å²) < 4.78 is 6.00. The van der Waals surface area contributed by atoms with Crippen LogP contribution in [0.25, 0.3) is 22.3 Å². The number of carboxylic acids is 1. The Bertz CT molecular complexity index is 1690. The van der Waals surface area contributed by atoms with Crippen molar-refractivity contribution in [1.29, 1.82) is 0 Å². The van der Waals surface area contributed by atoms with Gasteiger partial charge in [0.1, 0.15) is 12.4 Å². The summed E-state index contributed by atoms with van der Waals surface area (Å²) in [7, 11) is 0. The van der Waals surface area contributed by atoms with E-state index in [-0.39, 0.29) is 34.1 Å². The van der Waals surface area contributed by atoms with Crippen LogP contribution in [0.5, 0.6) is 5.75 Å². The third-order valence-corrected chi connectivity index (χ3v) is 7.47. The molecule has 0 aliphatic carbocycles. The number of amides is 3. The van der Waals surface area contributed by atoms with Gasteiger partial charge in [-0.05, 0) is 76.3 Å². The molecule has 41 heavy (non-hydrogen) atoms. The zero-order valence-corrected chi connectivity index (χ0v) is 23.1. The second-order valence-electron chi connectivity index (χ2n) is 10.1. The Kier molecular flexibility index (Phi) is 7.58. The topological polar surface area (TPSA) is 148 Å². The Morgan fingerprint density at radius 2 is 1.61 bits per heavy atom. The number of primary amides is 1. The van der Waals surface area contributed by atoms with Gasteiger partial charge in [0, 0.05) is 45.6 Å². The molecule has 0 saturated heterocycles. The molecular formula is C31H27N3O6S. The zero-order chi connectivity index (χ0) is 29.3. The number of fused-ring (bicyclic) bond motifs is 3. The molecule has 0 bridgehead atoms. The van der Waals surface area contributed by atoms with Crippen LogP contribution in [0, 0.1) is 5.92 Å². The molecule has 0 fully saturated rings. The lowest BCUT2D eigenvalue weighted by atomic mass is 9.89. The summed E-state index contributed by atoms with van der Waals surface area (Å²) in [6, 6.07) is 13.9. The Hall–Kier alpha value is -4.96. The van der Waals surface area contributed by atoms with Crippen LogP contribution >= 0.6 is 11.3 Å². The van der Waals surface area contributed by atoms with Crippen LogP contribution in [0.3, 0.4) is 0 Å². The van der Waals surface area contributed by atoms with Crippen molar-refractivity contribution in [2.24, 2.45) is 11.7 Å². The molecule has 2 heterocycles. The maximum atomic E-state index is 13.7. The fraction of sp³-hybridized carbons (Fsp3) is 0.161. The summed E-state index contributed by atoms with van der Waals surface area (Å²) >= 11 is 1.52. The van der Waals surface area contributed by atoms with E-state index in [9.17, 15) is 24.3 Å². The highest BCUT2D eigenvalue weighted by atomic mass is 32.1. The fourth-order valence-corrected chi connectivity index (χ4v) is 5.40. The molecule has 0 unspecified atom stereocenters. The average Bonchev–Trinajstić information content (AvgIpc) is 3.44. The third kappa shape index (κ3) is 5.68. The monoisotopic (exact) mass is 569 g/mol. The molecule has 3 amide bonds. The minimum absolute atomic E-state index is 0.131. The lowest BCUT2D eigenvalue weighted by Crippen LogP contribution is -2.27. The summed E-state index contributed by atoms with van der Waals surface area (Å²) in [5.41, 5.74) is 9.56. The molecule has 208 valence electrons. The van der Waals surface area contributed by atoms with Crippen molar-refractivity contribution >= 4 is 40.7 Å². The molecule has 4 aromatic rings. The number of carboxylic acid groups (broad SMARTS) is 1. The highest BCUT2D eigenvalue weighted by Gasteiger charge is 2.26. The Morgan fingerprint density at radius 3 is 2.29 bits per heavy atom. The second-order valence-corrected chi connectivity index (χ2v) is 10.8. The van der Waals surface area contributed by atoms with Crippen molar-refractivity contribution in [1.82, 2.24) is 5.32 Å². The van der Waals surface area contributed by atoms with Crippen LogP contribution in [-0.4, -0.2) is 35.3 Å². The number of carbonyl (C=O) groups is 4. The normalized spacial score (nSPS) is 11.7. The minimum Gasteiger partial charge on any atom is -0.488 e. The van der Waals surface area contributed by atoms with Gasteiger partial charge in [0.05, 0.1) is 5.56 Å². The molecule has 1 aromatic heterocycles. The first-order chi connectivity index (χ1) is 19.6. The van der Waals surface area contributed by atoms with Gasteiger partial charge in [-0.1, -0.05) is 19.9 Å². The molecular weight excluding hydrogens is 542 g/mol. The van der Waals surface area contributed by atoms with Gasteiger partial charge in [-0.15, -0.1) is 0 Å². The highest BCUT2D eigenvalue weighted by molar-refractivity contribution is 7.08. The predicted octanol–water partition coefficient (Wildman–Crippen LogP) is 5.41. The number of aromatic carboxylic acids is 1. The molecule has 5 rings (SSSR count). The maximum absolute atomic E-state index is 13.7. The Morgan fingerprint density at radius 1 is 0.878 bits per heavy atom. The van der Waals surface area contributed by atoms with Crippen molar-refractivity contribution in [3.63, 3.8) is 0 Å². The summed E-state index contributed by atoms with van der Waals surface area (Å²) in [6.07, 6.45) is 0. The third-order valence-electron chi connectivity index (χ3n) is 6.68. The molecule has 9 nitrogen and oxygen atoms in total. The first kappa shape index (κ1) is 27.6. The van der Waals surface area contributed by atoms with Crippen LogP contribution in [0.1, 0.15) is 60.8 Å². The quantitative estimate of drug-likeness (QED) is 0.223. The number of carbonyl (C=O) groups excluding carboxylic acids is 3. The van der Waals surface area contributed by atoms with E-state index in [4.69, 9.17) is 10.5 Å². The van der Waals surface area contributed by atoms with E-state index in [0.717, 1.165) is 11.1 Å². The first-order valence-corrected chi connectivity index (χ1v) is 13.8. The van der Waals surface area contributed by atoms with E-state index in [1.807, 2.05) is 24.6 Å². The lowest BCUT2D eigenvalue weighted by molar-refractivity contribution is 0.0697. The van der Waals surface area contributed by atoms with Gasteiger partial charge in [0.2, 0.25) is 5.91 Å². The largest absolute Gasteiger partial charge is 0.488 e. The van der Waals surface area contributed by atoms with Crippen molar-refractivity contribution in [3.05, 3.63) is 93.2 Å². The predicted molar refractivity (Wildman–Crippen MR) is 157 cm³/mol. The lowest BCUT2D eigenvalue weighted by Gasteiger charge is -2.22. The summed E-state index contributed by atoms with van der Waals surface area (Å²) in [6.45, 7) is 4.72. The van der Waals surface area contributed by atoms with Gasteiger partial charge in [0.15, 0.2) is 0 Å². The average molecular weight is 570 g/mol. The molecule has 10 heteroatoms. The van der Waals surface area contributed by atoms with Crippen molar-refractivity contribution in [3.8, 4) is 28.0 Å². The number of thiophene rings is 1. The molecule has 0 spiro atoms. The maximum Gasteiger partial charge on any atom is 0.336 e. The van der Waals surface area contributed by atoms with Gasteiger partial charge in [0.25, 0.3) is 11.8 Å². The fourth-order valence-electron chi connectivity index (χ4n) is 4.56. The Balaban J connectivity index is 1.61. The number of nitrogens with two attached hydrogens (primary N) is 1. The summed E-state index contributed by atoms with van der Waals surface area (Å²) in [5, 5.41) is 19.7. The van der Waals surface area contributed by atoms with Gasteiger partial charge in [-0.2, -0.15) is 11.3 Å². The van der Waals surface area contributed by atoms with E-state index >= 15 is 0 Å². The van der Waals surface area contributed by atoms with E-state index in [1.165, 1.54) is 35.6 Å². The SMILES string of the molecule is CC(C)CNC(=O)c1ccc(-c2cc3c(cc2C(=O)Nc2ccc(C(N)=O)cc2)-c2cscc2CO3)c(C(=O)O)c1. The van der Waals surface area contributed by atoms with Crippen LogP contribution in [0.15, 0.2) is 65.4 Å². The van der Waals surface area contributed by atoms with Crippen LogP contribution in [-0.2, 0) is 6.61 Å². The molecule has 0 radical (unpaired) electrons. The van der Waals surface area contributed by atoms with Crippen LogP contribution in [0.2, 0.25) is 0 Å². The second kappa shape index (κ2) is 11.3. The smallest absolute Gasteiger partial charge is 0.336 e. The number of hydrogen-bond donors (Lipinski definition) is 4. The number of ether oxygens (including phenoxy) is 1. The minimum atomic E-state index is -1.24. The van der Waals surface area contributed by atoms with Crippen molar-refractivity contribution < 1.29 is 29.0 Å². The van der Waals surface area contributed by atoms with Crippen molar-refractivity contribution in [2.75, 3.05) is 11.9 Å². The molecule has 1 aliphatic rings. The van der Waals surface area contributed by atoms with Crippen molar-refractivity contribution in [2.45, 2.75) is 20.5 Å². The summed E-state index contributed by atoms with van der Waals surface area (Å²) in [4.78, 5) is 50.3. The van der Waals surface area contributed by atoms with E-state index < -0.39 is 17.8 Å². The van der Waals surface area contributed by atoms with Crippen LogP contribution < -0.4 is 21.1 Å². The molecule has 1 aliphatic heterocycles. The molecule has 0 saturated carbocycles. The standard InChI is InChI=1S/C31H27N3O6S/c1-16(2)12-33-29(36)18-5-8-21(25(9-18)31(38)39)22-11-27-23(26-15-41-14-19(26)13-40-27)10-24(22)30(37)34-20-6-3-17(4-7-20)28(32)35/h3-11,14-16H,12-13H2,1-2H3,(H2,32,35)(H,33,36)(H,34,37)(H,38,39). The molecule has 0 atom stereocenters. The van der Waals surface area contributed by atoms with Gasteiger partial charge >= 0.3 is 5.97 Å². The molecule has 3 aromatic carbocycles. The number of benzene rings is 3. The number of anilines is 1. The van der Waals surface area contributed by atoms with E-state index in [0.29, 0.717) is 41.3 Å². The highest BCUT2D eigenvalue weighted by Crippen LogP contribution is 2.44. The first-order valence-electron chi connectivity index (χ1n) is 12.9. The number of nitrogens with one attached hydrogen (secondary N) is 2. The van der Waals surface area contributed by atoms with E-state index in [1.54, 1.807) is 30.3 Å². The van der Waals surface area contributed by atoms with Gasteiger partial charge in [-0.3, -0.25) is 14.4 Å². The Labute approximate surface area is 240 Å². The van der Waals surface area contributed by atoms with Gasteiger partial charge in [-0.25, -0.2) is 4.79 Å². The van der Waals surface area contributed by atoms with Gasteiger partial charge < -0.3 is 26.2 Å². The number of hydrogen-bond acceptors (Lipinski definition) is 6. The number of rotatable bonds is 8. The van der Waals surface area contributed by atoms with Crippen LogP contribution in [0.4, 0.5) is 5.69 Å².